The number of hydrogen-bond donors (Lipinski definition) is 3. The maximum atomic E-state index is 14.4. The number of carbonyl (C=O) groups is 1. The number of anilines is 1. The highest BCUT2D eigenvalue weighted by atomic mass is 19.1. The smallest absolute Gasteiger partial charge is 0.351 e. The number of aliphatic hydroxyl groups excluding tert-OH is 2. The summed E-state index contributed by atoms with van der Waals surface area (Å²) in [4.78, 5) is 28.0. The molecule has 0 spiro atoms. The molecular weight excluding hydrogens is 361 g/mol. The van der Waals surface area contributed by atoms with Crippen molar-refractivity contribution < 1.29 is 28.9 Å². The quantitative estimate of drug-likeness (QED) is 0.671. The van der Waals surface area contributed by atoms with E-state index in [1.54, 1.807) is 30.3 Å². The topological polar surface area (TPSA) is 123 Å². The zero-order valence-corrected chi connectivity index (χ0v) is 14.3. The van der Waals surface area contributed by atoms with Gasteiger partial charge in [-0.25, -0.2) is 9.18 Å². The Hall–Kier alpha value is -2.66. The minimum absolute atomic E-state index is 0.0285. The van der Waals surface area contributed by atoms with E-state index in [0.29, 0.717) is 5.56 Å². The molecule has 0 bridgehead atoms. The van der Waals surface area contributed by atoms with E-state index in [2.05, 4.69) is 10.3 Å². The fourth-order valence-electron chi connectivity index (χ4n) is 2.77. The first-order valence-corrected chi connectivity index (χ1v) is 8.03. The van der Waals surface area contributed by atoms with Crippen LogP contribution < -0.4 is 11.0 Å². The standard InChI is InChI=1S/C17H18FN3O6/c1-26-17(9-22)13(23)12(18)15(27-17)21-8-7-11(20-16(21)25)19-14(24)10-5-3-2-4-6-10/h2-8,12-13,15,22-23H,9H2,1H3,(H,19,20,24,25)/t12-,13+,15-,17-/m1/s1. The second-order valence-corrected chi connectivity index (χ2v) is 5.89. The molecule has 3 rings (SSSR count). The molecular formula is C17H18FN3O6. The average molecular weight is 379 g/mol. The summed E-state index contributed by atoms with van der Waals surface area (Å²) >= 11 is 0. The van der Waals surface area contributed by atoms with Crippen molar-refractivity contribution in [3.63, 3.8) is 0 Å². The van der Waals surface area contributed by atoms with Crippen LogP contribution in [-0.2, 0) is 9.47 Å². The molecule has 1 aliphatic heterocycles. The third-order valence-corrected chi connectivity index (χ3v) is 4.29. The second kappa shape index (κ2) is 7.53. The average Bonchev–Trinajstić information content (AvgIpc) is 2.94. The van der Waals surface area contributed by atoms with Gasteiger partial charge in [-0.3, -0.25) is 9.36 Å². The Morgan fingerprint density at radius 1 is 1.41 bits per heavy atom. The van der Waals surface area contributed by atoms with Crippen LogP contribution in [0.25, 0.3) is 0 Å². The normalized spacial score (nSPS) is 27.5. The van der Waals surface area contributed by atoms with E-state index in [9.17, 15) is 24.2 Å². The monoisotopic (exact) mass is 379 g/mol. The number of halogens is 1. The number of methoxy groups -OCH3 is 1. The number of alkyl halides is 1. The first kappa shape index (κ1) is 19.1. The van der Waals surface area contributed by atoms with Gasteiger partial charge in [0.25, 0.3) is 5.91 Å². The predicted molar refractivity (Wildman–Crippen MR) is 90.7 cm³/mol. The van der Waals surface area contributed by atoms with E-state index in [1.807, 2.05) is 0 Å². The number of nitrogens with zero attached hydrogens (tertiary/aromatic N) is 2. The molecule has 1 saturated heterocycles. The lowest BCUT2D eigenvalue weighted by molar-refractivity contribution is -0.269. The van der Waals surface area contributed by atoms with Crippen LogP contribution in [0.3, 0.4) is 0 Å². The predicted octanol–water partition coefficient (Wildman–Crippen LogP) is 0.0584. The summed E-state index contributed by atoms with van der Waals surface area (Å²) in [5.41, 5.74) is -0.534. The molecule has 0 radical (unpaired) electrons. The molecule has 144 valence electrons. The van der Waals surface area contributed by atoms with Crippen LogP contribution in [0.15, 0.2) is 47.4 Å². The first-order chi connectivity index (χ1) is 12.9. The molecule has 1 aromatic heterocycles. The van der Waals surface area contributed by atoms with E-state index >= 15 is 0 Å². The van der Waals surface area contributed by atoms with E-state index in [-0.39, 0.29) is 5.82 Å². The molecule has 1 fully saturated rings. The molecule has 3 N–H and O–H groups in total. The van der Waals surface area contributed by atoms with Gasteiger partial charge >= 0.3 is 5.69 Å². The highest BCUT2D eigenvalue weighted by Crippen LogP contribution is 2.38. The summed E-state index contributed by atoms with van der Waals surface area (Å²) in [6.07, 6.45) is -4.22. The third-order valence-electron chi connectivity index (χ3n) is 4.29. The number of amides is 1. The largest absolute Gasteiger partial charge is 0.391 e. The van der Waals surface area contributed by atoms with Crippen LogP contribution in [0.1, 0.15) is 16.6 Å². The van der Waals surface area contributed by atoms with Gasteiger partial charge in [0.2, 0.25) is 5.79 Å². The van der Waals surface area contributed by atoms with Gasteiger partial charge in [0.15, 0.2) is 12.4 Å². The SMILES string of the molecule is CO[C@]1(CO)O[C@@H](n2ccc(NC(=O)c3ccccc3)nc2=O)[C@H](F)[C@@H]1O. The summed E-state index contributed by atoms with van der Waals surface area (Å²) in [6.45, 7) is -0.811. The highest BCUT2D eigenvalue weighted by Gasteiger charge is 2.56. The third kappa shape index (κ3) is 3.47. The van der Waals surface area contributed by atoms with Crippen LogP contribution in [0.5, 0.6) is 0 Å². The number of carbonyl (C=O) groups excluding carboxylic acids is 1. The minimum Gasteiger partial charge on any atom is -0.391 e. The van der Waals surface area contributed by atoms with Gasteiger partial charge in [0.05, 0.1) is 0 Å². The summed E-state index contributed by atoms with van der Waals surface area (Å²) in [6, 6.07) is 9.61. The van der Waals surface area contributed by atoms with Gasteiger partial charge in [0, 0.05) is 18.9 Å². The molecule has 0 aliphatic carbocycles. The zero-order chi connectivity index (χ0) is 19.6. The Morgan fingerprint density at radius 3 is 2.67 bits per heavy atom. The molecule has 9 nitrogen and oxygen atoms in total. The van der Waals surface area contributed by atoms with Gasteiger partial charge in [-0.15, -0.1) is 0 Å². The molecule has 10 heteroatoms. The van der Waals surface area contributed by atoms with Crippen LogP contribution in [-0.4, -0.2) is 57.5 Å². The van der Waals surface area contributed by atoms with E-state index in [4.69, 9.17) is 9.47 Å². The van der Waals surface area contributed by atoms with Crippen molar-refractivity contribution in [3.05, 3.63) is 58.6 Å². The Balaban J connectivity index is 1.81. The molecule has 0 saturated carbocycles. The Morgan fingerprint density at radius 2 is 2.11 bits per heavy atom. The summed E-state index contributed by atoms with van der Waals surface area (Å²) in [5.74, 6) is -2.47. The lowest BCUT2D eigenvalue weighted by Crippen LogP contribution is -2.47. The number of nitrogens with one attached hydrogen (secondary N) is 1. The molecule has 1 amide bonds. The van der Waals surface area contributed by atoms with Gasteiger partial charge in [-0.2, -0.15) is 4.98 Å². The van der Waals surface area contributed by atoms with E-state index in [0.717, 1.165) is 11.7 Å². The van der Waals surface area contributed by atoms with Crippen LogP contribution in [0.2, 0.25) is 0 Å². The van der Waals surface area contributed by atoms with Crippen molar-refractivity contribution in [1.29, 1.82) is 0 Å². The van der Waals surface area contributed by atoms with Gasteiger partial charge < -0.3 is 25.0 Å². The lowest BCUT2D eigenvalue weighted by Gasteiger charge is -2.27. The van der Waals surface area contributed by atoms with Crippen molar-refractivity contribution in [3.8, 4) is 0 Å². The van der Waals surface area contributed by atoms with Crippen LogP contribution in [0.4, 0.5) is 10.2 Å². The maximum Gasteiger partial charge on any atom is 0.351 e. The number of aromatic nitrogens is 2. The number of hydrogen-bond acceptors (Lipinski definition) is 7. The number of benzene rings is 1. The lowest BCUT2D eigenvalue weighted by atomic mass is 10.1. The Kier molecular flexibility index (Phi) is 5.33. The maximum absolute atomic E-state index is 14.4. The number of rotatable bonds is 5. The fourth-order valence-corrected chi connectivity index (χ4v) is 2.77. The van der Waals surface area contributed by atoms with Crippen molar-refractivity contribution in [1.82, 2.24) is 9.55 Å². The molecule has 2 heterocycles. The van der Waals surface area contributed by atoms with Crippen LogP contribution in [0, 0.1) is 0 Å². The second-order valence-electron chi connectivity index (χ2n) is 5.89. The first-order valence-electron chi connectivity index (χ1n) is 8.03. The van der Waals surface area contributed by atoms with E-state index < -0.39 is 42.5 Å². The van der Waals surface area contributed by atoms with Gasteiger partial charge in [-0.05, 0) is 18.2 Å². The number of ether oxygens (including phenoxy) is 2. The minimum atomic E-state index is -2.04. The molecule has 4 atom stereocenters. The van der Waals surface area contributed by atoms with E-state index in [1.165, 1.54) is 12.3 Å². The molecule has 1 aliphatic rings. The molecule has 0 unspecified atom stereocenters. The van der Waals surface area contributed by atoms with Crippen molar-refractivity contribution >= 4 is 11.7 Å². The van der Waals surface area contributed by atoms with Crippen molar-refractivity contribution in [2.45, 2.75) is 24.3 Å². The van der Waals surface area contributed by atoms with Gasteiger partial charge in [-0.1, -0.05) is 18.2 Å². The fraction of sp³-hybridized carbons (Fsp3) is 0.353. The highest BCUT2D eigenvalue weighted by molar-refractivity contribution is 6.03. The molecule has 2 aromatic rings. The summed E-state index contributed by atoms with van der Waals surface area (Å²) in [7, 11) is 1.14. The van der Waals surface area contributed by atoms with Crippen molar-refractivity contribution in [2.75, 3.05) is 19.0 Å². The summed E-state index contributed by atoms with van der Waals surface area (Å²) < 4.78 is 25.4. The molecule has 1 aromatic carbocycles. The Bertz CT molecular complexity index is 870. The van der Waals surface area contributed by atoms with Gasteiger partial charge in [0.1, 0.15) is 18.5 Å². The zero-order valence-electron chi connectivity index (χ0n) is 14.3. The number of aliphatic hydroxyl groups is 2. The Labute approximate surface area is 153 Å². The molecule has 27 heavy (non-hydrogen) atoms. The summed E-state index contributed by atoms with van der Waals surface area (Å²) in [5, 5.41) is 21.8. The van der Waals surface area contributed by atoms with Crippen molar-refractivity contribution in [2.24, 2.45) is 0 Å². The van der Waals surface area contributed by atoms with Crippen LogP contribution >= 0.6 is 0 Å².